The summed E-state index contributed by atoms with van der Waals surface area (Å²) in [6, 6.07) is 6.75. The fourth-order valence-electron chi connectivity index (χ4n) is 1.60. The van der Waals surface area contributed by atoms with E-state index in [4.69, 9.17) is 5.26 Å². The first-order chi connectivity index (χ1) is 9.47. The summed E-state index contributed by atoms with van der Waals surface area (Å²) in [4.78, 5) is 23.0. The molecule has 0 saturated carbocycles. The number of methoxy groups -OCH3 is 1. The summed E-state index contributed by atoms with van der Waals surface area (Å²) in [7, 11) is 1.29. The molecule has 1 rings (SSSR count). The third kappa shape index (κ3) is 4.28. The van der Waals surface area contributed by atoms with Gasteiger partial charge in [0.1, 0.15) is 6.42 Å². The Bertz CT molecular complexity index is 547. The summed E-state index contributed by atoms with van der Waals surface area (Å²) in [6.45, 7) is 3.91. The van der Waals surface area contributed by atoms with Crippen LogP contribution >= 0.6 is 0 Å². The SMILES string of the molecule is COC(=O)c1ccc(NC(C)C)c(NC(=O)CC#N)c1. The van der Waals surface area contributed by atoms with Gasteiger partial charge in [0.15, 0.2) is 0 Å². The van der Waals surface area contributed by atoms with Gasteiger partial charge in [-0.1, -0.05) is 0 Å². The number of nitrogens with zero attached hydrogens (tertiary/aromatic N) is 1. The van der Waals surface area contributed by atoms with Crippen molar-refractivity contribution in [2.75, 3.05) is 17.7 Å². The number of ether oxygens (including phenoxy) is 1. The molecule has 0 fully saturated rings. The molecule has 0 aliphatic carbocycles. The minimum absolute atomic E-state index is 0.158. The maximum atomic E-state index is 11.5. The van der Waals surface area contributed by atoms with Crippen molar-refractivity contribution in [3.63, 3.8) is 0 Å². The Morgan fingerprint density at radius 2 is 2.05 bits per heavy atom. The van der Waals surface area contributed by atoms with Crippen molar-refractivity contribution in [3.05, 3.63) is 23.8 Å². The molecular weight excluding hydrogens is 258 g/mol. The van der Waals surface area contributed by atoms with Gasteiger partial charge in [-0.25, -0.2) is 4.79 Å². The number of benzene rings is 1. The maximum Gasteiger partial charge on any atom is 0.337 e. The van der Waals surface area contributed by atoms with E-state index in [0.717, 1.165) is 0 Å². The van der Waals surface area contributed by atoms with E-state index in [1.807, 2.05) is 13.8 Å². The van der Waals surface area contributed by atoms with Crippen LogP contribution in [0.15, 0.2) is 18.2 Å². The van der Waals surface area contributed by atoms with Gasteiger partial charge in [-0.2, -0.15) is 5.26 Å². The molecule has 1 aromatic rings. The van der Waals surface area contributed by atoms with Crippen LogP contribution in [-0.2, 0) is 9.53 Å². The lowest BCUT2D eigenvalue weighted by Gasteiger charge is -2.16. The van der Waals surface area contributed by atoms with Gasteiger partial charge in [-0.05, 0) is 32.0 Å². The van der Waals surface area contributed by atoms with Gasteiger partial charge in [-0.3, -0.25) is 4.79 Å². The Labute approximate surface area is 117 Å². The lowest BCUT2D eigenvalue weighted by Crippen LogP contribution is -2.16. The summed E-state index contributed by atoms with van der Waals surface area (Å²) in [5.74, 6) is -0.918. The molecule has 2 N–H and O–H groups in total. The first kappa shape index (κ1) is 15.5. The predicted octanol–water partition coefficient (Wildman–Crippen LogP) is 2.15. The first-order valence-corrected chi connectivity index (χ1v) is 6.13. The zero-order valence-electron chi connectivity index (χ0n) is 11.7. The Kier molecular flexibility index (Phi) is 5.54. The molecule has 106 valence electrons. The zero-order valence-corrected chi connectivity index (χ0v) is 11.7. The minimum Gasteiger partial charge on any atom is -0.465 e. The number of carbonyl (C=O) groups is 2. The van der Waals surface area contributed by atoms with Crippen LogP contribution in [-0.4, -0.2) is 25.0 Å². The Morgan fingerprint density at radius 1 is 1.35 bits per heavy atom. The molecule has 0 unspecified atom stereocenters. The second-order valence-corrected chi connectivity index (χ2v) is 4.43. The lowest BCUT2D eigenvalue weighted by atomic mass is 10.1. The highest BCUT2D eigenvalue weighted by molar-refractivity contribution is 5.98. The molecule has 6 heteroatoms. The van der Waals surface area contributed by atoms with Crippen LogP contribution in [0, 0.1) is 11.3 Å². The highest BCUT2D eigenvalue weighted by Crippen LogP contribution is 2.24. The van der Waals surface area contributed by atoms with Crippen molar-refractivity contribution in [2.24, 2.45) is 0 Å². The van der Waals surface area contributed by atoms with Gasteiger partial charge in [0.05, 0.1) is 30.1 Å². The number of rotatable bonds is 5. The number of esters is 1. The smallest absolute Gasteiger partial charge is 0.337 e. The number of carbonyl (C=O) groups excluding carboxylic acids is 2. The molecule has 0 heterocycles. The average Bonchev–Trinajstić information content (AvgIpc) is 2.39. The predicted molar refractivity (Wildman–Crippen MR) is 75.4 cm³/mol. The highest BCUT2D eigenvalue weighted by atomic mass is 16.5. The number of amides is 1. The molecular formula is C14H17N3O3. The van der Waals surface area contributed by atoms with Crippen LogP contribution in [0.25, 0.3) is 0 Å². The number of anilines is 2. The quantitative estimate of drug-likeness (QED) is 0.803. The molecule has 0 aliphatic rings. The number of hydrogen-bond donors (Lipinski definition) is 2. The van der Waals surface area contributed by atoms with Crippen LogP contribution < -0.4 is 10.6 Å². The fraction of sp³-hybridized carbons (Fsp3) is 0.357. The standard InChI is InChI=1S/C14H17N3O3/c1-9(2)16-11-5-4-10(14(19)20-3)8-12(11)17-13(18)6-7-15/h4-5,8-9,16H,6H2,1-3H3,(H,17,18). The molecule has 0 saturated heterocycles. The van der Waals surface area contributed by atoms with E-state index in [0.29, 0.717) is 16.9 Å². The van der Waals surface area contributed by atoms with Crippen molar-refractivity contribution in [3.8, 4) is 6.07 Å². The van der Waals surface area contributed by atoms with Crippen LogP contribution in [0.3, 0.4) is 0 Å². The molecule has 6 nitrogen and oxygen atoms in total. The van der Waals surface area contributed by atoms with Crippen molar-refractivity contribution >= 4 is 23.3 Å². The summed E-state index contributed by atoms with van der Waals surface area (Å²) >= 11 is 0. The second-order valence-electron chi connectivity index (χ2n) is 4.43. The monoisotopic (exact) mass is 275 g/mol. The summed E-state index contributed by atoms with van der Waals surface area (Å²) in [6.07, 6.45) is -0.246. The second kappa shape index (κ2) is 7.14. The first-order valence-electron chi connectivity index (χ1n) is 6.13. The van der Waals surface area contributed by atoms with Gasteiger partial charge in [0.25, 0.3) is 0 Å². The fourth-order valence-corrected chi connectivity index (χ4v) is 1.60. The van der Waals surface area contributed by atoms with Crippen molar-refractivity contribution < 1.29 is 14.3 Å². The third-order valence-electron chi connectivity index (χ3n) is 2.40. The van der Waals surface area contributed by atoms with Gasteiger partial charge in [0.2, 0.25) is 5.91 Å². The van der Waals surface area contributed by atoms with E-state index in [2.05, 4.69) is 15.4 Å². The number of nitriles is 1. The number of hydrogen-bond acceptors (Lipinski definition) is 5. The van der Waals surface area contributed by atoms with E-state index in [1.54, 1.807) is 18.2 Å². The highest BCUT2D eigenvalue weighted by Gasteiger charge is 2.12. The molecule has 1 amide bonds. The molecule has 0 atom stereocenters. The average molecular weight is 275 g/mol. The van der Waals surface area contributed by atoms with E-state index in [-0.39, 0.29) is 12.5 Å². The van der Waals surface area contributed by atoms with Gasteiger partial charge >= 0.3 is 5.97 Å². The molecule has 0 bridgehead atoms. The van der Waals surface area contributed by atoms with Gasteiger partial charge in [-0.15, -0.1) is 0 Å². The molecule has 0 spiro atoms. The maximum absolute atomic E-state index is 11.5. The molecule has 20 heavy (non-hydrogen) atoms. The minimum atomic E-state index is -0.489. The van der Waals surface area contributed by atoms with Crippen molar-refractivity contribution in [1.82, 2.24) is 0 Å². The van der Waals surface area contributed by atoms with Gasteiger partial charge in [0, 0.05) is 6.04 Å². The van der Waals surface area contributed by atoms with Crippen molar-refractivity contribution in [1.29, 1.82) is 5.26 Å². The van der Waals surface area contributed by atoms with Crippen molar-refractivity contribution in [2.45, 2.75) is 26.3 Å². The Hall–Kier alpha value is -2.55. The zero-order chi connectivity index (χ0) is 15.1. The molecule has 0 aliphatic heterocycles. The molecule has 1 aromatic carbocycles. The summed E-state index contributed by atoms with van der Waals surface area (Å²) in [5, 5.41) is 14.3. The van der Waals surface area contributed by atoms with Crippen LogP contribution in [0.1, 0.15) is 30.6 Å². The van der Waals surface area contributed by atoms with Crippen LogP contribution in [0.2, 0.25) is 0 Å². The molecule has 0 aromatic heterocycles. The summed E-state index contributed by atoms with van der Waals surface area (Å²) < 4.78 is 4.64. The number of nitrogens with one attached hydrogen (secondary N) is 2. The van der Waals surface area contributed by atoms with Crippen LogP contribution in [0.4, 0.5) is 11.4 Å². The lowest BCUT2D eigenvalue weighted by molar-refractivity contribution is -0.115. The van der Waals surface area contributed by atoms with Crippen LogP contribution in [0.5, 0.6) is 0 Å². The van der Waals surface area contributed by atoms with E-state index >= 15 is 0 Å². The van der Waals surface area contributed by atoms with Gasteiger partial charge < -0.3 is 15.4 Å². The van der Waals surface area contributed by atoms with E-state index in [9.17, 15) is 9.59 Å². The third-order valence-corrected chi connectivity index (χ3v) is 2.40. The largest absolute Gasteiger partial charge is 0.465 e. The Balaban J connectivity index is 3.09. The topological polar surface area (TPSA) is 91.2 Å². The van der Waals surface area contributed by atoms with E-state index in [1.165, 1.54) is 13.2 Å². The normalized spacial score (nSPS) is 9.75. The van der Waals surface area contributed by atoms with E-state index < -0.39 is 11.9 Å². The molecule has 0 radical (unpaired) electrons. The summed E-state index contributed by atoms with van der Waals surface area (Å²) in [5.41, 5.74) is 1.45. The Morgan fingerprint density at radius 3 is 2.60 bits per heavy atom.